The molecule has 16 heavy (non-hydrogen) atoms. The molecule has 90 valence electrons. The number of hydrogen-bond donors (Lipinski definition) is 0. The Hall–Kier alpha value is -0.0800. The summed E-state index contributed by atoms with van der Waals surface area (Å²) in [5.41, 5.74) is 0. The molecule has 1 aromatic carbocycles. The van der Waals surface area contributed by atoms with E-state index < -0.39 is 0 Å². The zero-order valence-electron chi connectivity index (χ0n) is 10.7. The van der Waals surface area contributed by atoms with Crippen molar-refractivity contribution < 1.29 is 0 Å². The lowest BCUT2D eigenvalue weighted by Gasteiger charge is -2.07. The highest BCUT2D eigenvalue weighted by Crippen LogP contribution is 2.25. The molecule has 0 aliphatic carbocycles. The van der Waals surface area contributed by atoms with Crippen molar-refractivity contribution in [2.75, 3.05) is 11.5 Å². The van der Waals surface area contributed by atoms with Crippen LogP contribution >= 0.6 is 23.5 Å². The summed E-state index contributed by atoms with van der Waals surface area (Å²) in [5.74, 6) is 3.94. The first-order valence-electron chi connectivity index (χ1n) is 5.93. The van der Waals surface area contributed by atoms with E-state index in [1.54, 1.807) is 0 Å². The van der Waals surface area contributed by atoms with Gasteiger partial charge < -0.3 is 0 Å². The summed E-state index contributed by atoms with van der Waals surface area (Å²) >= 11 is 3.90. The predicted octanol–water partition coefficient (Wildman–Crippen LogP) is 5.18. The van der Waals surface area contributed by atoms with E-state index in [1.165, 1.54) is 21.3 Å². The van der Waals surface area contributed by atoms with Crippen LogP contribution in [0.1, 0.15) is 27.7 Å². The first-order valence-corrected chi connectivity index (χ1v) is 7.90. The van der Waals surface area contributed by atoms with E-state index in [0.29, 0.717) is 0 Å². The fourth-order valence-electron chi connectivity index (χ4n) is 1.16. The minimum Gasteiger partial charge on any atom is -0.126 e. The highest BCUT2D eigenvalue weighted by Gasteiger charge is 2.00. The van der Waals surface area contributed by atoms with Gasteiger partial charge in [-0.1, -0.05) is 27.7 Å². The van der Waals surface area contributed by atoms with Crippen molar-refractivity contribution in [3.63, 3.8) is 0 Å². The van der Waals surface area contributed by atoms with Crippen molar-refractivity contribution >= 4 is 23.5 Å². The first-order chi connectivity index (χ1) is 7.58. The van der Waals surface area contributed by atoms with E-state index in [1.807, 2.05) is 23.5 Å². The standard InChI is InChI=1S/C14H22S2/c1-11(2)9-15-13-5-7-14(8-6-13)16-10-12(3)4/h5-8,11-12H,9-10H2,1-4H3. The van der Waals surface area contributed by atoms with Crippen LogP contribution in [0.25, 0.3) is 0 Å². The van der Waals surface area contributed by atoms with Gasteiger partial charge in [-0.15, -0.1) is 23.5 Å². The molecule has 0 atom stereocenters. The van der Waals surface area contributed by atoms with Crippen LogP contribution in [0.15, 0.2) is 34.1 Å². The van der Waals surface area contributed by atoms with Crippen LogP contribution in [-0.4, -0.2) is 11.5 Å². The molecule has 2 heteroatoms. The first kappa shape index (κ1) is 14.0. The predicted molar refractivity (Wildman–Crippen MR) is 77.6 cm³/mol. The van der Waals surface area contributed by atoms with Gasteiger partial charge in [0, 0.05) is 21.3 Å². The van der Waals surface area contributed by atoms with Crippen molar-refractivity contribution in [3.05, 3.63) is 24.3 Å². The number of thioether (sulfide) groups is 2. The van der Waals surface area contributed by atoms with Crippen LogP contribution in [0.2, 0.25) is 0 Å². The Balaban J connectivity index is 2.41. The SMILES string of the molecule is CC(C)CSc1ccc(SCC(C)C)cc1. The molecule has 1 aromatic rings. The largest absolute Gasteiger partial charge is 0.126 e. The second-order valence-corrected chi connectivity index (χ2v) is 7.07. The molecular weight excluding hydrogens is 232 g/mol. The third kappa shape index (κ3) is 5.86. The molecule has 0 fully saturated rings. The maximum absolute atomic E-state index is 2.26. The van der Waals surface area contributed by atoms with Crippen molar-refractivity contribution in [1.29, 1.82) is 0 Å². The third-order valence-corrected chi connectivity index (χ3v) is 4.87. The minimum absolute atomic E-state index is 0.764. The van der Waals surface area contributed by atoms with Crippen LogP contribution in [0.5, 0.6) is 0 Å². The number of hydrogen-bond acceptors (Lipinski definition) is 2. The second kappa shape index (κ2) is 7.29. The fourth-order valence-corrected chi connectivity index (χ4v) is 2.87. The van der Waals surface area contributed by atoms with Gasteiger partial charge in [-0.25, -0.2) is 0 Å². The van der Waals surface area contributed by atoms with Gasteiger partial charge in [0.05, 0.1) is 0 Å². The molecule has 0 nitrogen and oxygen atoms in total. The summed E-state index contributed by atoms with van der Waals surface area (Å²) < 4.78 is 0. The Kier molecular flexibility index (Phi) is 6.37. The van der Waals surface area contributed by atoms with Crippen LogP contribution in [-0.2, 0) is 0 Å². The maximum atomic E-state index is 2.26. The molecule has 0 heterocycles. The molecule has 0 unspecified atom stereocenters. The van der Waals surface area contributed by atoms with E-state index in [9.17, 15) is 0 Å². The van der Waals surface area contributed by atoms with E-state index >= 15 is 0 Å². The third-order valence-electron chi connectivity index (χ3n) is 1.99. The molecule has 0 aliphatic heterocycles. The van der Waals surface area contributed by atoms with Gasteiger partial charge in [0.25, 0.3) is 0 Å². The Morgan fingerprint density at radius 2 is 1.06 bits per heavy atom. The average Bonchev–Trinajstić information content (AvgIpc) is 2.25. The van der Waals surface area contributed by atoms with Crippen LogP contribution in [0, 0.1) is 11.8 Å². The van der Waals surface area contributed by atoms with Gasteiger partial charge in [0.15, 0.2) is 0 Å². The smallest absolute Gasteiger partial charge is 0.00728 e. The molecule has 0 bridgehead atoms. The lowest BCUT2D eigenvalue weighted by molar-refractivity contribution is 0.749. The second-order valence-electron chi connectivity index (χ2n) is 4.88. The molecule has 0 saturated carbocycles. The normalized spacial score (nSPS) is 11.4. The van der Waals surface area contributed by atoms with Crippen LogP contribution in [0.3, 0.4) is 0 Å². The molecular formula is C14H22S2. The molecule has 0 amide bonds. The minimum atomic E-state index is 0.764. The molecule has 0 N–H and O–H groups in total. The molecule has 0 radical (unpaired) electrons. The lowest BCUT2D eigenvalue weighted by Crippen LogP contribution is -1.91. The number of benzene rings is 1. The summed E-state index contributed by atoms with van der Waals surface area (Å²) in [6.07, 6.45) is 0. The van der Waals surface area contributed by atoms with Gasteiger partial charge in [-0.3, -0.25) is 0 Å². The fraction of sp³-hybridized carbons (Fsp3) is 0.571. The Morgan fingerprint density at radius 1 is 0.750 bits per heavy atom. The van der Waals surface area contributed by atoms with Crippen molar-refractivity contribution in [1.82, 2.24) is 0 Å². The zero-order valence-corrected chi connectivity index (χ0v) is 12.3. The zero-order chi connectivity index (χ0) is 12.0. The highest BCUT2D eigenvalue weighted by atomic mass is 32.2. The van der Waals surface area contributed by atoms with E-state index in [-0.39, 0.29) is 0 Å². The average molecular weight is 254 g/mol. The van der Waals surface area contributed by atoms with Crippen molar-refractivity contribution in [3.8, 4) is 0 Å². The van der Waals surface area contributed by atoms with Gasteiger partial charge in [0.1, 0.15) is 0 Å². The van der Waals surface area contributed by atoms with Gasteiger partial charge in [0.2, 0.25) is 0 Å². The van der Waals surface area contributed by atoms with Crippen molar-refractivity contribution in [2.24, 2.45) is 11.8 Å². The lowest BCUT2D eigenvalue weighted by atomic mass is 10.3. The topological polar surface area (TPSA) is 0 Å². The van der Waals surface area contributed by atoms with Gasteiger partial charge in [-0.05, 0) is 36.1 Å². The highest BCUT2D eigenvalue weighted by molar-refractivity contribution is 7.99. The van der Waals surface area contributed by atoms with Crippen molar-refractivity contribution in [2.45, 2.75) is 37.5 Å². The molecule has 1 rings (SSSR count). The molecule has 0 aliphatic rings. The Morgan fingerprint density at radius 3 is 1.31 bits per heavy atom. The summed E-state index contributed by atoms with van der Waals surface area (Å²) in [6.45, 7) is 9.05. The Labute approximate surface area is 109 Å². The molecule has 0 saturated heterocycles. The van der Waals surface area contributed by atoms with Crippen LogP contribution < -0.4 is 0 Å². The summed E-state index contributed by atoms with van der Waals surface area (Å²) in [6, 6.07) is 8.98. The number of rotatable bonds is 6. The summed E-state index contributed by atoms with van der Waals surface area (Å²) in [5, 5.41) is 0. The van der Waals surface area contributed by atoms with E-state index in [2.05, 4.69) is 52.0 Å². The van der Waals surface area contributed by atoms with Gasteiger partial charge >= 0.3 is 0 Å². The van der Waals surface area contributed by atoms with E-state index in [0.717, 1.165) is 11.8 Å². The molecule has 0 spiro atoms. The van der Waals surface area contributed by atoms with Gasteiger partial charge in [-0.2, -0.15) is 0 Å². The van der Waals surface area contributed by atoms with Crippen LogP contribution in [0.4, 0.5) is 0 Å². The summed E-state index contributed by atoms with van der Waals surface area (Å²) in [4.78, 5) is 2.78. The summed E-state index contributed by atoms with van der Waals surface area (Å²) in [7, 11) is 0. The quantitative estimate of drug-likeness (QED) is 0.641. The monoisotopic (exact) mass is 254 g/mol. The van der Waals surface area contributed by atoms with E-state index in [4.69, 9.17) is 0 Å². The molecule has 0 aromatic heterocycles. The Bertz CT molecular complexity index is 257. The maximum Gasteiger partial charge on any atom is 0.00728 e.